The van der Waals surface area contributed by atoms with Gasteiger partial charge in [0.05, 0.1) is 5.92 Å². The summed E-state index contributed by atoms with van der Waals surface area (Å²) in [6.07, 6.45) is 1.67. The molecule has 0 heterocycles. The van der Waals surface area contributed by atoms with Gasteiger partial charge in [-0.05, 0) is 30.0 Å². The molecule has 0 spiro atoms. The molecule has 0 aliphatic heterocycles. The first-order chi connectivity index (χ1) is 7.54. The molecule has 2 unspecified atom stereocenters. The summed E-state index contributed by atoms with van der Waals surface area (Å²) in [7, 11) is 0. The fraction of sp³-hybridized carbons (Fsp3) is 0.462. The maximum absolute atomic E-state index is 11.2. The Bertz CT molecular complexity index is 345. The van der Waals surface area contributed by atoms with E-state index in [-0.39, 0.29) is 0 Å². The number of carboxylic acids is 1. The summed E-state index contributed by atoms with van der Waals surface area (Å²) in [5.74, 6) is -0.772. The second kappa shape index (κ2) is 5.90. The molecule has 1 aromatic rings. The molecule has 2 atom stereocenters. The Labute approximate surface area is 101 Å². The summed E-state index contributed by atoms with van der Waals surface area (Å²) in [5, 5.41) is 9.84. The summed E-state index contributed by atoms with van der Waals surface area (Å²) in [6, 6.07) is 7.07. The SMILES string of the molecule is CCC(C)CC(C(=O)O)c1ccc(Cl)cc1. The second-order valence-electron chi connectivity index (χ2n) is 4.19. The van der Waals surface area contributed by atoms with Gasteiger partial charge in [-0.1, -0.05) is 44.0 Å². The Kier molecular flexibility index (Phi) is 4.81. The lowest BCUT2D eigenvalue weighted by Gasteiger charge is -2.16. The van der Waals surface area contributed by atoms with Crippen LogP contribution in [0.1, 0.15) is 38.2 Å². The molecule has 0 saturated carbocycles. The monoisotopic (exact) mass is 240 g/mol. The summed E-state index contributed by atoms with van der Waals surface area (Å²) >= 11 is 5.78. The van der Waals surface area contributed by atoms with Crippen molar-refractivity contribution >= 4 is 17.6 Å². The molecule has 0 amide bonds. The molecule has 16 heavy (non-hydrogen) atoms. The van der Waals surface area contributed by atoms with Gasteiger partial charge in [-0.25, -0.2) is 0 Å². The lowest BCUT2D eigenvalue weighted by atomic mass is 9.88. The van der Waals surface area contributed by atoms with Crippen LogP contribution in [0.5, 0.6) is 0 Å². The molecule has 0 aliphatic carbocycles. The van der Waals surface area contributed by atoms with Crippen molar-refractivity contribution in [2.75, 3.05) is 0 Å². The quantitative estimate of drug-likeness (QED) is 0.846. The van der Waals surface area contributed by atoms with Gasteiger partial charge in [-0.15, -0.1) is 0 Å². The van der Waals surface area contributed by atoms with Gasteiger partial charge in [-0.2, -0.15) is 0 Å². The third-order valence-corrected chi connectivity index (χ3v) is 3.16. The van der Waals surface area contributed by atoms with E-state index in [1.807, 2.05) is 0 Å². The number of carbonyl (C=O) groups is 1. The van der Waals surface area contributed by atoms with Gasteiger partial charge in [0.2, 0.25) is 0 Å². The second-order valence-corrected chi connectivity index (χ2v) is 4.63. The summed E-state index contributed by atoms with van der Waals surface area (Å²) < 4.78 is 0. The molecule has 0 fully saturated rings. The molecular formula is C13H17ClO2. The molecule has 1 N–H and O–H groups in total. The van der Waals surface area contributed by atoms with Crippen molar-refractivity contribution in [1.29, 1.82) is 0 Å². The van der Waals surface area contributed by atoms with Crippen molar-refractivity contribution in [3.05, 3.63) is 34.9 Å². The number of hydrogen-bond acceptors (Lipinski definition) is 1. The van der Waals surface area contributed by atoms with Gasteiger partial charge < -0.3 is 5.11 Å². The van der Waals surface area contributed by atoms with Crippen LogP contribution in [0.15, 0.2) is 24.3 Å². The smallest absolute Gasteiger partial charge is 0.310 e. The van der Waals surface area contributed by atoms with Gasteiger partial charge in [-0.3, -0.25) is 4.79 Å². The maximum Gasteiger partial charge on any atom is 0.310 e. The number of rotatable bonds is 5. The minimum absolute atomic E-state index is 0.414. The van der Waals surface area contributed by atoms with E-state index in [9.17, 15) is 9.90 Å². The maximum atomic E-state index is 11.2. The van der Waals surface area contributed by atoms with Crippen LogP contribution in [0.4, 0.5) is 0 Å². The topological polar surface area (TPSA) is 37.3 Å². The Balaban J connectivity index is 2.85. The molecule has 3 heteroatoms. The molecule has 0 aliphatic rings. The predicted octanol–water partition coefficient (Wildman–Crippen LogP) is 3.94. The molecule has 0 saturated heterocycles. The molecular weight excluding hydrogens is 224 g/mol. The van der Waals surface area contributed by atoms with Crippen LogP contribution in [0, 0.1) is 5.92 Å². The zero-order valence-electron chi connectivity index (χ0n) is 9.61. The highest BCUT2D eigenvalue weighted by atomic mass is 35.5. The van der Waals surface area contributed by atoms with Crippen LogP contribution in [0.3, 0.4) is 0 Å². The van der Waals surface area contributed by atoms with Crippen molar-refractivity contribution in [1.82, 2.24) is 0 Å². The molecule has 0 aromatic heterocycles. The molecule has 0 bridgehead atoms. The normalized spacial score (nSPS) is 14.4. The Hall–Kier alpha value is -1.02. The van der Waals surface area contributed by atoms with Crippen LogP contribution >= 0.6 is 11.6 Å². The largest absolute Gasteiger partial charge is 0.481 e. The Morgan fingerprint density at radius 1 is 1.38 bits per heavy atom. The van der Waals surface area contributed by atoms with Crippen molar-refractivity contribution in [3.63, 3.8) is 0 Å². The van der Waals surface area contributed by atoms with Gasteiger partial charge in [0.25, 0.3) is 0 Å². The average molecular weight is 241 g/mol. The van der Waals surface area contributed by atoms with E-state index in [0.717, 1.165) is 12.0 Å². The average Bonchev–Trinajstić information content (AvgIpc) is 2.26. The van der Waals surface area contributed by atoms with E-state index in [0.29, 0.717) is 17.4 Å². The van der Waals surface area contributed by atoms with E-state index in [1.165, 1.54) is 0 Å². The highest BCUT2D eigenvalue weighted by Crippen LogP contribution is 2.26. The fourth-order valence-corrected chi connectivity index (χ4v) is 1.77. The Morgan fingerprint density at radius 2 is 1.94 bits per heavy atom. The first-order valence-electron chi connectivity index (χ1n) is 5.52. The van der Waals surface area contributed by atoms with E-state index in [2.05, 4.69) is 13.8 Å². The number of benzene rings is 1. The lowest BCUT2D eigenvalue weighted by molar-refractivity contribution is -0.139. The zero-order chi connectivity index (χ0) is 12.1. The van der Waals surface area contributed by atoms with Crippen LogP contribution < -0.4 is 0 Å². The standard InChI is InChI=1S/C13H17ClO2/c1-3-9(2)8-12(13(15)16)10-4-6-11(14)7-5-10/h4-7,9,12H,3,8H2,1-2H3,(H,15,16). The summed E-state index contributed by atoms with van der Waals surface area (Å²) in [5.41, 5.74) is 0.831. The number of carboxylic acid groups (broad SMARTS) is 1. The third kappa shape index (κ3) is 3.53. The molecule has 2 nitrogen and oxygen atoms in total. The van der Waals surface area contributed by atoms with Crippen LogP contribution in [0.2, 0.25) is 5.02 Å². The van der Waals surface area contributed by atoms with Crippen LogP contribution in [-0.4, -0.2) is 11.1 Å². The third-order valence-electron chi connectivity index (χ3n) is 2.91. The molecule has 88 valence electrons. The molecule has 0 radical (unpaired) electrons. The molecule has 1 rings (SSSR count). The Morgan fingerprint density at radius 3 is 2.38 bits per heavy atom. The predicted molar refractivity (Wildman–Crippen MR) is 65.9 cm³/mol. The molecule has 1 aromatic carbocycles. The minimum Gasteiger partial charge on any atom is -0.481 e. The van der Waals surface area contributed by atoms with Crippen molar-refractivity contribution < 1.29 is 9.90 Å². The number of hydrogen-bond donors (Lipinski definition) is 1. The lowest BCUT2D eigenvalue weighted by Crippen LogP contribution is -2.14. The van der Waals surface area contributed by atoms with Gasteiger partial charge in [0, 0.05) is 5.02 Å². The van der Waals surface area contributed by atoms with Gasteiger partial charge in [0.1, 0.15) is 0 Å². The highest BCUT2D eigenvalue weighted by Gasteiger charge is 2.21. The highest BCUT2D eigenvalue weighted by molar-refractivity contribution is 6.30. The minimum atomic E-state index is -0.761. The van der Waals surface area contributed by atoms with Crippen molar-refractivity contribution in [3.8, 4) is 0 Å². The van der Waals surface area contributed by atoms with E-state index in [1.54, 1.807) is 24.3 Å². The summed E-state index contributed by atoms with van der Waals surface area (Å²) in [6.45, 7) is 4.15. The summed E-state index contributed by atoms with van der Waals surface area (Å²) in [4.78, 5) is 11.2. The van der Waals surface area contributed by atoms with E-state index < -0.39 is 11.9 Å². The van der Waals surface area contributed by atoms with Gasteiger partial charge in [0.15, 0.2) is 0 Å². The van der Waals surface area contributed by atoms with Crippen molar-refractivity contribution in [2.45, 2.75) is 32.6 Å². The van der Waals surface area contributed by atoms with E-state index >= 15 is 0 Å². The van der Waals surface area contributed by atoms with Crippen LogP contribution in [-0.2, 0) is 4.79 Å². The van der Waals surface area contributed by atoms with E-state index in [4.69, 9.17) is 11.6 Å². The van der Waals surface area contributed by atoms with Crippen LogP contribution in [0.25, 0.3) is 0 Å². The van der Waals surface area contributed by atoms with Crippen molar-refractivity contribution in [2.24, 2.45) is 5.92 Å². The number of halogens is 1. The number of aliphatic carboxylic acids is 1. The fourth-order valence-electron chi connectivity index (χ4n) is 1.64. The first kappa shape index (κ1) is 13.0. The first-order valence-corrected chi connectivity index (χ1v) is 5.90. The van der Waals surface area contributed by atoms with Gasteiger partial charge >= 0.3 is 5.97 Å². The zero-order valence-corrected chi connectivity index (χ0v) is 10.4.